The largest absolute Gasteiger partial charge is 0.489 e. The maximum Gasteiger partial charge on any atom is 0.351 e. The summed E-state index contributed by atoms with van der Waals surface area (Å²) in [5, 5.41) is 11.0. The lowest BCUT2D eigenvalue weighted by Crippen LogP contribution is -2.29. The summed E-state index contributed by atoms with van der Waals surface area (Å²) >= 11 is 0. The Labute approximate surface area is 190 Å². The molecular weight excluding hydrogens is 426 g/mol. The highest BCUT2D eigenvalue weighted by atomic mass is 16.6. The summed E-state index contributed by atoms with van der Waals surface area (Å²) in [7, 11) is 0. The summed E-state index contributed by atoms with van der Waals surface area (Å²) < 4.78 is 18.7. The highest BCUT2D eigenvalue weighted by Crippen LogP contribution is 2.32. The van der Waals surface area contributed by atoms with Crippen LogP contribution in [0.2, 0.25) is 0 Å². The van der Waals surface area contributed by atoms with Gasteiger partial charge in [0.25, 0.3) is 5.70 Å². The summed E-state index contributed by atoms with van der Waals surface area (Å²) in [6, 6.07) is 7.31. The van der Waals surface area contributed by atoms with E-state index in [2.05, 4.69) is 18.1 Å². The van der Waals surface area contributed by atoms with Gasteiger partial charge < -0.3 is 14.2 Å². The van der Waals surface area contributed by atoms with Crippen molar-refractivity contribution in [2.75, 3.05) is 19.8 Å². The van der Waals surface area contributed by atoms with Crippen molar-refractivity contribution in [1.29, 1.82) is 0 Å². The summed E-state index contributed by atoms with van der Waals surface area (Å²) in [6.07, 6.45) is 5.59. The number of ether oxygens (including phenoxy) is 3. The lowest BCUT2D eigenvalue weighted by atomic mass is 9.97. The fourth-order valence-electron chi connectivity index (χ4n) is 3.95. The first-order chi connectivity index (χ1) is 16.0. The predicted molar refractivity (Wildman–Crippen MR) is 122 cm³/mol. The molecule has 1 fully saturated rings. The molecule has 0 N–H and O–H groups in total. The van der Waals surface area contributed by atoms with Crippen LogP contribution in [0.3, 0.4) is 0 Å². The molecule has 2 aliphatic rings. The number of fused-ring (bicyclic) bond motifs is 3. The first-order valence-electron chi connectivity index (χ1n) is 10.7. The Hall–Kier alpha value is -3.72. The van der Waals surface area contributed by atoms with Gasteiger partial charge in [-0.1, -0.05) is 12.7 Å². The summed E-state index contributed by atoms with van der Waals surface area (Å²) in [6.45, 7) is 8.65. The molecule has 33 heavy (non-hydrogen) atoms. The van der Waals surface area contributed by atoms with Crippen molar-refractivity contribution in [2.45, 2.75) is 31.9 Å². The highest BCUT2D eigenvalue weighted by Gasteiger charge is 2.22. The first kappa shape index (κ1) is 22.5. The van der Waals surface area contributed by atoms with Gasteiger partial charge in [0.2, 0.25) is 5.88 Å². The molecule has 1 atom stereocenters. The van der Waals surface area contributed by atoms with Gasteiger partial charge in [-0.3, -0.25) is 14.7 Å². The van der Waals surface area contributed by atoms with E-state index < -0.39 is 4.92 Å². The normalized spacial score (nSPS) is 17.1. The molecule has 0 aliphatic carbocycles. The second-order valence-electron chi connectivity index (χ2n) is 7.85. The average molecular weight is 451 g/mol. The fourth-order valence-corrected chi connectivity index (χ4v) is 3.95. The molecule has 1 aromatic heterocycles. The summed E-state index contributed by atoms with van der Waals surface area (Å²) in [5.74, 6) is 0.854. The third kappa shape index (κ3) is 5.04. The Bertz CT molecular complexity index is 1180. The molecule has 9 nitrogen and oxygen atoms in total. The Kier molecular flexibility index (Phi) is 6.69. The molecule has 2 aromatic rings. The lowest BCUT2D eigenvalue weighted by Gasteiger charge is -2.22. The van der Waals surface area contributed by atoms with Gasteiger partial charge in [0.1, 0.15) is 19.0 Å². The number of nitro groups is 1. The van der Waals surface area contributed by atoms with Crippen LogP contribution in [0.1, 0.15) is 18.4 Å². The number of allylic oxidation sites excluding steroid dienone is 2. The van der Waals surface area contributed by atoms with Gasteiger partial charge in [0, 0.05) is 24.8 Å². The number of benzene rings is 1. The van der Waals surface area contributed by atoms with Crippen LogP contribution in [0.4, 0.5) is 0 Å². The molecule has 0 spiro atoms. The Morgan fingerprint density at radius 2 is 2.21 bits per heavy atom. The molecule has 1 unspecified atom stereocenters. The highest BCUT2D eigenvalue weighted by molar-refractivity contribution is 5.67. The molecule has 9 heteroatoms. The van der Waals surface area contributed by atoms with Crippen LogP contribution in [-0.4, -0.2) is 40.4 Å². The van der Waals surface area contributed by atoms with E-state index in [1.807, 2.05) is 12.1 Å². The van der Waals surface area contributed by atoms with Crippen molar-refractivity contribution in [1.82, 2.24) is 9.55 Å². The third-order valence-corrected chi connectivity index (χ3v) is 5.69. The third-order valence-electron chi connectivity index (χ3n) is 5.69. The molecule has 1 aromatic carbocycles. The van der Waals surface area contributed by atoms with Crippen LogP contribution >= 0.6 is 0 Å². The van der Waals surface area contributed by atoms with Crippen molar-refractivity contribution >= 4 is 0 Å². The maximum atomic E-state index is 12.6. The first-order valence-corrected chi connectivity index (χ1v) is 10.7. The number of rotatable bonds is 9. The minimum absolute atomic E-state index is 0.00812. The van der Waals surface area contributed by atoms with Crippen LogP contribution in [-0.2, 0) is 17.7 Å². The van der Waals surface area contributed by atoms with E-state index in [-0.39, 0.29) is 30.0 Å². The van der Waals surface area contributed by atoms with Gasteiger partial charge in [-0.15, -0.1) is 0 Å². The van der Waals surface area contributed by atoms with Gasteiger partial charge in [-0.05, 0) is 55.7 Å². The van der Waals surface area contributed by atoms with Crippen LogP contribution in [0, 0.1) is 10.1 Å². The standard InChI is InChI=1S/C24H25N3O6/c1-3-5-18(16(2)27(29)30)14-32-19-7-8-21-17(12-19)9-10-26-22(21)13-23(25-24(26)28)33-15-20-6-4-11-31-20/h3,5,7-8,12-13,20H,1-2,4,6,9-11,14-15H2/b18-5-. The van der Waals surface area contributed by atoms with E-state index in [1.165, 1.54) is 12.2 Å². The van der Waals surface area contributed by atoms with Gasteiger partial charge in [-0.2, -0.15) is 4.98 Å². The van der Waals surface area contributed by atoms with Crippen LogP contribution in [0.15, 0.2) is 65.6 Å². The van der Waals surface area contributed by atoms with E-state index in [4.69, 9.17) is 14.2 Å². The SMILES string of the molecule is C=C/C=C(/COc1ccc2c(c1)CCn1c-2cc(OCC2CCCO2)nc1=O)C(=C)[N+](=O)[O-]. The molecule has 0 radical (unpaired) electrons. The van der Waals surface area contributed by atoms with Crippen molar-refractivity contribution in [3.8, 4) is 22.9 Å². The molecule has 3 heterocycles. The maximum absolute atomic E-state index is 12.6. The van der Waals surface area contributed by atoms with Crippen LogP contribution < -0.4 is 15.2 Å². The number of aryl methyl sites for hydroxylation is 1. The van der Waals surface area contributed by atoms with Crippen molar-refractivity contribution in [2.24, 2.45) is 0 Å². The van der Waals surface area contributed by atoms with Gasteiger partial charge in [0.05, 0.1) is 22.3 Å². The predicted octanol–water partition coefficient (Wildman–Crippen LogP) is 3.31. The lowest BCUT2D eigenvalue weighted by molar-refractivity contribution is -0.420. The fraction of sp³-hybridized carbons (Fsp3) is 0.333. The molecule has 0 saturated carbocycles. The number of aromatic nitrogens is 2. The molecule has 172 valence electrons. The molecule has 1 saturated heterocycles. The van der Waals surface area contributed by atoms with E-state index in [0.29, 0.717) is 30.9 Å². The second-order valence-corrected chi connectivity index (χ2v) is 7.85. The molecular formula is C24H25N3O6. The molecule has 0 amide bonds. The van der Waals surface area contributed by atoms with Gasteiger partial charge in [0.15, 0.2) is 0 Å². The molecule has 2 aliphatic heterocycles. The minimum Gasteiger partial charge on any atom is -0.489 e. The van der Waals surface area contributed by atoms with Crippen LogP contribution in [0.25, 0.3) is 11.3 Å². The second kappa shape index (κ2) is 9.83. The molecule has 0 bridgehead atoms. The Morgan fingerprint density at radius 1 is 1.36 bits per heavy atom. The van der Waals surface area contributed by atoms with Gasteiger partial charge in [-0.25, -0.2) is 4.79 Å². The van der Waals surface area contributed by atoms with Crippen molar-refractivity contribution in [3.63, 3.8) is 0 Å². The number of hydrogen-bond acceptors (Lipinski definition) is 7. The van der Waals surface area contributed by atoms with Gasteiger partial charge >= 0.3 is 5.69 Å². The van der Waals surface area contributed by atoms with E-state index in [9.17, 15) is 14.9 Å². The van der Waals surface area contributed by atoms with Crippen LogP contribution in [0.5, 0.6) is 11.6 Å². The van der Waals surface area contributed by atoms with E-state index >= 15 is 0 Å². The Morgan fingerprint density at radius 3 is 2.94 bits per heavy atom. The van der Waals surface area contributed by atoms with Crippen molar-refractivity contribution < 1.29 is 19.1 Å². The number of hydrogen-bond donors (Lipinski definition) is 0. The zero-order chi connectivity index (χ0) is 23.4. The molecule has 4 rings (SSSR count). The topological polar surface area (TPSA) is 106 Å². The van der Waals surface area contributed by atoms with E-state index in [0.717, 1.165) is 36.3 Å². The quantitative estimate of drug-likeness (QED) is 0.327. The smallest absolute Gasteiger partial charge is 0.351 e. The van der Waals surface area contributed by atoms with E-state index in [1.54, 1.807) is 16.7 Å². The monoisotopic (exact) mass is 451 g/mol. The zero-order valence-electron chi connectivity index (χ0n) is 18.2. The number of nitrogens with zero attached hydrogens (tertiary/aromatic N) is 3. The summed E-state index contributed by atoms with van der Waals surface area (Å²) in [4.78, 5) is 27.1. The zero-order valence-corrected chi connectivity index (χ0v) is 18.2. The van der Waals surface area contributed by atoms with Crippen molar-refractivity contribution in [3.05, 3.63) is 87.0 Å². The summed E-state index contributed by atoms with van der Waals surface area (Å²) in [5.41, 5.74) is 2.39. The minimum atomic E-state index is -0.549. The average Bonchev–Trinajstić information content (AvgIpc) is 3.33. The Balaban J connectivity index is 1.53.